The lowest BCUT2D eigenvalue weighted by Crippen LogP contribution is -2.45. The minimum Gasteiger partial charge on any atom is -0.394 e. The Morgan fingerprint density at radius 2 is 0.594 bits per heavy atom. The van der Waals surface area contributed by atoms with Gasteiger partial charge in [0.2, 0.25) is 5.91 Å². The minimum absolute atomic E-state index is 0.0241. The number of amides is 1. The van der Waals surface area contributed by atoms with Gasteiger partial charge in [-0.25, -0.2) is 0 Å². The first-order chi connectivity index (χ1) is 31.7. The number of hydrogen-bond acceptors (Lipinski definition) is 3. The largest absolute Gasteiger partial charge is 0.394 e. The second-order valence-corrected chi connectivity index (χ2v) is 20.8. The molecule has 0 saturated heterocycles. The van der Waals surface area contributed by atoms with E-state index in [2.05, 4.69) is 31.3 Å². The van der Waals surface area contributed by atoms with Gasteiger partial charge in [0.25, 0.3) is 0 Å². The normalized spacial score (nSPS) is 12.8. The molecule has 0 aromatic carbocycles. The average molecular weight is 903 g/mol. The molecule has 0 fully saturated rings. The Hall–Kier alpha value is -0.870. The zero-order valence-electron chi connectivity index (χ0n) is 44.1. The molecule has 2 atom stereocenters. The van der Waals surface area contributed by atoms with Crippen LogP contribution in [0.1, 0.15) is 348 Å². The van der Waals surface area contributed by atoms with Crippen molar-refractivity contribution in [1.29, 1.82) is 0 Å². The third-order valence-electron chi connectivity index (χ3n) is 14.3. The zero-order chi connectivity index (χ0) is 46.3. The summed E-state index contributed by atoms with van der Waals surface area (Å²) < 4.78 is 0. The van der Waals surface area contributed by atoms with E-state index in [1.165, 1.54) is 295 Å². The number of allylic oxidation sites excluding steroid dienone is 2. The first kappa shape index (κ1) is 63.1. The number of rotatable bonds is 56. The molecule has 4 nitrogen and oxygen atoms in total. The summed E-state index contributed by atoms with van der Waals surface area (Å²) >= 11 is 0. The Kier molecular flexibility index (Phi) is 55.7. The van der Waals surface area contributed by atoms with Crippen molar-refractivity contribution in [3.05, 3.63) is 12.2 Å². The van der Waals surface area contributed by atoms with Crippen molar-refractivity contribution in [2.45, 2.75) is 360 Å². The molecule has 3 N–H and O–H groups in total. The number of nitrogens with one attached hydrogen (secondary N) is 1. The molecule has 2 unspecified atom stereocenters. The van der Waals surface area contributed by atoms with E-state index in [0.29, 0.717) is 12.8 Å². The van der Waals surface area contributed by atoms with Gasteiger partial charge < -0.3 is 15.5 Å². The third kappa shape index (κ3) is 52.1. The van der Waals surface area contributed by atoms with Gasteiger partial charge in [0.15, 0.2) is 0 Å². The molecule has 0 rings (SSSR count). The highest BCUT2D eigenvalue weighted by molar-refractivity contribution is 5.76. The molecule has 64 heavy (non-hydrogen) atoms. The number of carbonyl (C=O) groups is 1. The minimum atomic E-state index is -0.658. The summed E-state index contributed by atoms with van der Waals surface area (Å²) in [6.45, 7) is 4.41. The van der Waals surface area contributed by atoms with E-state index in [1.807, 2.05) is 0 Å². The standard InChI is InChI=1S/C60H119NO3/c1-3-5-7-9-11-13-15-17-19-21-23-25-27-28-29-30-31-32-34-36-38-40-42-44-46-48-50-52-54-56-60(64)61-58(57-62)59(63)55-53-51-49-47-45-43-41-39-37-35-33-26-24-22-20-18-16-14-12-10-8-6-4-2/h28-29,58-59,62-63H,3-27,30-57H2,1-2H3,(H,61,64)/b29-28-. The third-order valence-corrected chi connectivity index (χ3v) is 14.3. The second-order valence-electron chi connectivity index (χ2n) is 20.8. The topological polar surface area (TPSA) is 69.6 Å². The lowest BCUT2D eigenvalue weighted by molar-refractivity contribution is -0.123. The monoisotopic (exact) mass is 902 g/mol. The van der Waals surface area contributed by atoms with Crippen molar-refractivity contribution in [3.63, 3.8) is 0 Å². The molecule has 382 valence electrons. The van der Waals surface area contributed by atoms with E-state index in [0.717, 1.165) is 25.7 Å². The molecule has 0 radical (unpaired) electrons. The van der Waals surface area contributed by atoms with Crippen LogP contribution in [0.25, 0.3) is 0 Å². The fourth-order valence-electron chi connectivity index (χ4n) is 9.71. The maximum absolute atomic E-state index is 12.5. The molecule has 0 aromatic rings. The van der Waals surface area contributed by atoms with Gasteiger partial charge in [-0.05, 0) is 38.5 Å². The molecular weight excluding hydrogens is 783 g/mol. The van der Waals surface area contributed by atoms with Gasteiger partial charge in [-0.3, -0.25) is 4.79 Å². The molecular formula is C60H119NO3. The van der Waals surface area contributed by atoms with Crippen LogP contribution in [0.5, 0.6) is 0 Å². The molecule has 4 heteroatoms. The highest BCUT2D eigenvalue weighted by Crippen LogP contribution is 2.18. The van der Waals surface area contributed by atoms with E-state index in [-0.39, 0.29) is 12.5 Å². The van der Waals surface area contributed by atoms with Gasteiger partial charge >= 0.3 is 0 Å². The van der Waals surface area contributed by atoms with Crippen molar-refractivity contribution >= 4 is 5.91 Å². The number of aliphatic hydroxyl groups is 2. The summed E-state index contributed by atoms with van der Waals surface area (Å²) in [6, 6.07) is -0.534. The van der Waals surface area contributed by atoms with E-state index in [4.69, 9.17) is 0 Å². The van der Waals surface area contributed by atoms with Gasteiger partial charge in [-0.2, -0.15) is 0 Å². The smallest absolute Gasteiger partial charge is 0.220 e. The van der Waals surface area contributed by atoms with Crippen LogP contribution in [0, 0.1) is 0 Å². The van der Waals surface area contributed by atoms with Gasteiger partial charge in [-0.15, -0.1) is 0 Å². The quantitative estimate of drug-likeness (QED) is 0.0421. The first-order valence-corrected chi connectivity index (χ1v) is 29.9. The van der Waals surface area contributed by atoms with E-state index in [9.17, 15) is 15.0 Å². The predicted octanol–water partition coefficient (Wildman–Crippen LogP) is 19.7. The fourth-order valence-corrected chi connectivity index (χ4v) is 9.71. The van der Waals surface area contributed by atoms with Crippen molar-refractivity contribution in [1.82, 2.24) is 5.32 Å². The van der Waals surface area contributed by atoms with Crippen molar-refractivity contribution in [2.24, 2.45) is 0 Å². The molecule has 0 aliphatic rings. The van der Waals surface area contributed by atoms with E-state index >= 15 is 0 Å². The van der Waals surface area contributed by atoms with Gasteiger partial charge in [0, 0.05) is 6.42 Å². The van der Waals surface area contributed by atoms with Crippen LogP contribution in [0.2, 0.25) is 0 Å². The van der Waals surface area contributed by atoms with Crippen LogP contribution >= 0.6 is 0 Å². The average Bonchev–Trinajstić information content (AvgIpc) is 3.30. The zero-order valence-corrected chi connectivity index (χ0v) is 44.1. The number of unbranched alkanes of at least 4 members (excludes halogenated alkanes) is 47. The van der Waals surface area contributed by atoms with Crippen LogP contribution in [-0.2, 0) is 4.79 Å². The van der Waals surface area contributed by atoms with E-state index < -0.39 is 12.1 Å². The Morgan fingerprint density at radius 1 is 0.359 bits per heavy atom. The number of carbonyl (C=O) groups excluding carboxylic acids is 1. The molecule has 0 heterocycles. The molecule has 0 spiro atoms. The van der Waals surface area contributed by atoms with Crippen LogP contribution in [0.3, 0.4) is 0 Å². The highest BCUT2D eigenvalue weighted by Gasteiger charge is 2.20. The molecule has 0 aliphatic carbocycles. The summed E-state index contributed by atoms with van der Waals surface area (Å²) in [5.41, 5.74) is 0. The van der Waals surface area contributed by atoms with Gasteiger partial charge in [0.05, 0.1) is 18.8 Å². The maximum Gasteiger partial charge on any atom is 0.220 e. The Balaban J connectivity index is 3.41. The SMILES string of the molecule is CCCCCCCCCCCCCC/C=C\CCCCCCCCCCCCCCCC(=O)NC(CO)C(O)CCCCCCCCCCCCCCCCCCCCCCCCC. The summed E-state index contributed by atoms with van der Waals surface area (Å²) in [7, 11) is 0. The Labute approximate surface area is 403 Å². The summed E-state index contributed by atoms with van der Waals surface area (Å²) in [5.74, 6) is -0.0241. The van der Waals surface area contributed by atoms with Crippen LogP contribution in [0.4, 0.5) is 0 Å². The second kappa shape index (κ2) is 56.5. The van der Waals surface area contributed by atoms with Gasteiger partial charge in [0.1, 0.15) is 0 Å². The predicted molar refractivity (Wildman–Crippen MR) is 286 cm³/mol. The van der Waals surface area contributed by atoms with Gasteiger partial charge in [-0.1, -0.05) is 315 Å². The molecule has 0 saturated carbocycles. The fraction of sp³-hybridized carbons (Fsp3) is 0.950. The summed E-state index contributed by atoms with van der Waals surface area (Å²) in [5, 5.41) is 23.4. The molecule has 0 aromatic heterocycles. The van der Waals surface area contributed by atoms with E-state index in [1.54, 1.807) is 0 Å². The summed E-state index contributed by atoms with van der Waals surface area (Å²) in [4.78, 5) is 12.5. The Bertz CT molecular complexity index is 890. The van der Waals surface area contributed by atoms with Crippen molar-refractivity contribution in [2.75, 3.05) is 6.61 Å². The maximum atomic E-state index is 12.5. The number of aliphatic hydroxyl groups excluding tert-OH is 2. The van der Waals surface area contributed by atoms with Crippen LogP contribution in [0.15, 0.2) is 12.2 Å². The lowest BCUT2D eigenvalue weighted by atomic mass is 10.0. The van der Waals surface area contributed by atoms with Crippen LogP contribution in [-0.4, -0.2) is 34.9 Å². The van der Waals surface area contributed by atoms with Crippen molar-refractivity contribution < 1.29 is 15.0 Å². The Morgan fingerprint density at radius 3 is 0.859 bits per heavy atom. The number of hydrogen-bond donors (Lipinski definition) is 3. The highest BCUT2D eigenvalue weighted by atomic mass is 16.3. The summed E-state index contributed by atoms with van der Waals surface area (Å²) in [6.07, 6.45) is 73.6. The molecule has 0 aliphatic heterocycles. The molecule has 1 amide bonds. The first-order valence-electron chi connectivity index (χ1n) is 29.9. The molecule has 0 bridgehead atoms. The van der Waals surface area contributed by atoms with Crippen molar-refractivity contribution in [3.8, 4) is 0 Å². The lowest BCUT2D eigenvalue weighted by Gasteiger charge is -2.22. The van der Waals surface area contributed by atoms with Crippen LogP contribution < -0.4 is 5.32 Å².